The van der Waals surface area contributed by atoms with Gasteiger partial charge in [0.2, 0.25) is 0 Å². The van der Waals surface area contributed by atoms with Crippen molar-refractivity contribution in [1.29, 1.82) is 0 Å². The predicted octanol–water partition coefficient (Wildman–Crippen LogP) is 6.02. The molecule has 5 nitrogen and oxygen atoms in total. The van der Waals surface area contributed by atoms with Crippen molar-refractivity contribution in [1.82, 2.24) is 15.2 Å². The summed E-state index contributed by atoms with van der Waals surface area (Å²) in [5, 5.41) is 11.5. The van der Waals surface area contributed by atoms with Crippen molar-refractivity contribution in [3.8, 4) is 22.8 Å². The van der Waals surface area contributed by atoms with Gasteiger partial charge in [0, 0.05) is 16.3 Å². The summed E-state index contributed by atoms with van der Waals surface area (Å²) in [4.78, 5) is 4.72. The van der Waals surface area contributed by atoms with E-state index in [2.05, 4.69) is 10.2 Å². The molecule has 0 N–H and O–H groups in total. The van der Waals surface area contributed by atoms with E-state index < -0.39 is 0 Å². The summed E-state index contributed by atoms with van der Waals surface area (Å²) in [7, 11) is 3.24. The number of aryl methyl sites for hydroxylation is 1. The first kappa shape index (κ1) is 19.9. The van der Waals surface area contributed by atoms with Gasteiger partial charge < -0.3 is 9.47 Å². The van der Waals surface area contributed by atoms with Gasteiger partial charge in [0.15, 0.2) is 11.5 Å². The summed E-state index contributed by atoms with van der Waals surface area (Å²) in [6.07, 6.45) is 0. The molecule has 148 valence electrons. The summed E-state index contributed by atoms with van der Waals surface area (Å²) in [6, 6.07) is 13.6. The Labute approximate surface area is 182 Å². The minimum atomic E-state index is 0.653. The van der Waals surface area contributed by atoms with Gasteiger partial charge in [-0.1, -0.05) is 35.5 Å². The first-order chi connectivity index (χ1) is 14.1. The molecular weight excluding hydrogens is 426 g/mol. The molecule has 0 radical (unpaired) electrons. The minimum absolute atomic E-state index is 0.653. The lowest BCUT2D eigenvalue weighted by Gasteiger charge is -2.10. The van der Waals surface area contributed by atoms with E-state index in [1.807, 2.05) is 49.4 Å². The number of halogens is 1. The third-order valence-corrected chi connectivity index (χ3v) is 6.55. The molecule has 0 bridgehead atoms. The average Bonchev–Trinajstić information content (AvgIpc) is 3.13. The molecule has 0 spiro atoms. The van der Waals surface area contributed by atoms with E-state index >= 15 is 0 Å². The fourth-order valence-corrected chi connectivity index (χ4v) is 5.04. The highest BCUT2D eigenvalue weighted by molar-refractivity contribution is 7.98. The van der Waals surface area contributed by atoms with E-state index in [0.29, 0.717) is 11.5 Å². The van der Waals surface area contributed by atoms with Crippen LogP contribution in [-0.2, 0) is 5.75 Å². The zero-order chi connectivity index (χ0) is 20.4. The molecule has 4 aromatic rings. The molecule has 0 saturated carbocycles. The van der Waals surface area contributed by atoms with E-state index in [0.717, 1.165) is 47.8 Å². The SMILES string of the molecule is COc1ccc(-c2nnc(SCc3cccc(Cl)c3)c3nc(C)sc23)cc1OC. The number of ether oxygens (including phenoxy) is 2. The second-order valence-corrected chi connectivity index (χ2v) is 8.86. The fraction of sp³-hybridized carbons (Fsp3) is 0.190. The van der Waals surface area contributed by atoms with Crippen molar-refractivity contribution in [3.63, 3.8) is 0 Å². The lowest BCUT2D eigenvalue weighted by Crippen LogP contribution is -1.95. The number of thiazole rings is 1. The topological polar surface area (TPSA) is 57.1 Å². The normalized spacial score (nSPS) is 11.0. The predicted molar refractivity (Wildman–Crippen MR) is 120 cm³/mol. The molecule has 4 rings (SSSR count). The minimum Gasteiger partial charge on any atom is -0.493 e. The van der Waals surface area contributed by atoms with Crippen molar-refractivity contribution in [2.75, 3.05) is 14.2 Å². The van der Waals surface area contributed by atoms with Gasteiger partial charge in [0.05, 0.1) is 23.9 Å². The van der Waals surface area contributed by atoms with Crippen LogP contribution in [0.25, 0.3) is 21.5 Å². The Kier molecular flexibility index (Phi) is 5.89. The van der Waals surface area contributed by atoms with Crippen LogP contribution < -0.4 is 9.47 Å². The van der Waals surface area contributed by atoms with Crippen LogP contribution in [0.2, 0.25) is 5.02 Å². The van der Waals surface area contributed by atoms with Gasteiger partial charge >= 0.3 is 0 Å². The van der Waals surface area contributed by atoms with Crippen molar-refractivity contribution in [3.05, 3.63) is 58.1 Å². The molecule has 2 aromatic heterocycles. The van der Waals surface area contributed by atoms with Gasteiger partial charge in [-0.2, -0.15) is 0 Å². The number of aromatic nitrogens is 3. The van der Waals surface area contributed by atoms with Gasteiger partial charge in [-0.15, -0.1) is 21.5 Å². The Morgan fingerprint density at radius 2 is 1.86 bits per heavy atom. The Hall–Kier alpha value is -2.35. The summed E-state index contributed by atoms with van der Waals surface area (Å²) in [6.45, 7) is 1.99. The van der Waals surface area contributed by atoms with Crippen molar-refractivity contribution < 1.29 is 9.47 Å². The molecule has 0 saturated heterocycles. The van der Waals surface area contributed by atoms with Crippen LogP contribution in [0.1, 0.15) is 10.6 Å². The van der Waals surface area contributed by atoms with E-state index in [9.17, 15) is 0 Å². The Balaban J connectivity index is 1.72. The largest absolute Gasteiger partial charge is 0.493 e. The quantitative estimate of drug-likeness (QED) is 0.339. The molecule has 2 heterocycles. The van der Waals surface area contributed by atoms with E-state index in [4.69, 9.17) is 26.1 Å². The molecule has 0 aliphatic carbocycles. The monoisotopic (exact) mass is 443 g/mol. The average molecular weight is 444 g/mol. The summed E-state index contributed by atoms with van der Waals surface area (Å²) in [5.41, 5.74) is 3.71. The van der Waals surface area contributed by atoms with Gasteiger partial charge in [-0.3, -0.25) is 0 Å². The number of hydrogen-bond acceptors (Lipinski definition) is 7. The zero-order valence-corrected chi connectivity index (χ0v) is 18.5. The molecule has 0 fully saturated rings. The molecule has 0 aliphatic heterocycles. The highest BCUT2D eigenvalue weighted by atomic mass is 35.5. The molecule has 0 unspecified atom stereocenters. The van der Waals surface area contributed by atoms with E-state index in [1.54, 1.807) is 37.3 Å². The standard InChI is InChI=1S/C21H18ClN3O2S2/c1-12-23-19-20(29-12)18(14-7-8-16(26-2)17(10-14)27-3)24-25-21(19)28-11-13-5-4-6-15(22)9-13/h4-10H,11H2,1-3H3. The maximum Gasteiger partial charge on any atom is 0.161 e. The number of rotatable bonds is 6. The first-order valence-corrected chi connectivity index (χ1v) is 11.0. The van der Waals surface area contributed by atoms with Crippen molar-refractivity contribution >= 4 is 44.9 Å². The third-order valence-electron chi connectivity index (χ3n) is 4.31. The highest BCUT2D eigenvalue weighted by Gasteiger charge is 2.17. The molecule has 0 amide bonds. The Morgan fingerprint density at radius 3 is 2.62 bits per heavy atom. The Bertz CT molecular complexity index is 1180. The molecule has 0 atom stereocenters. The summed E-state index contributed by atoms with van der Waals surface area (Å²) < 4.78 is 11.8. The van der Waals surface area contributed by atoms with Crippen LogP contribution in [-0.4, -0.2) is 29.4 Å². The number of hydrogen-bond donors (Lipinski definition) is 0. The van der Waals surface area contributed by atoms with Crippen LogP contribution in [0.5, 0.6) is 11.5 Å². The third kappa shape index (κ3) is 4.17. The number of nitrogens with zero attached hydrogens (tertiary/aromatic N) is 3. The maximum atomic E-state index is 6.09. The number of thioether (sulfide) groups is 1. The maximum absolute atomic E-state index is 6.09. The lowest BCUT2D eigenvalue weighted by molar-refractivity contribution is 0.355. The zero-order valence-electron chi connectivity index (χ0n) is 16.1. The van der Waals surface area contributed by atoms with Crippen molar-refractivity contribution in [2.24, 2.45) is 0 Å². The second kappa shape index (κ2) is 8.57. The second-order valence-electron chi connectivity index (χ2n) is 6.25. The van der Waals surface area contributed by atoms with Crippen LogP contribution in [0.3, 0.4) is 0 Å². The van der Waals surface area contributed by atoms with Crippen LogP contribution in [0, 0.1) is 6.92 Å². The summed E-state index contributed by atoms with van der Waals surface area (Å²) >= 11 is 9.32. The number of methoxy groups -OCH3 is 2. The van der Waals surface area contributed by atoms with Crippen LogP contribution >= 0.6 is 34.7 Å². The van der Waals surface area contributed by atoms with Gasteiger partial charge in [0.1, 0.15) is 16.2 Å². The fourth-order valence-electron chi connectivity index (χ4n) is 2.97. The Morgan fingerprint density at radius 1 is 1.03 bits per heavy atom. The van der Waals surface area contributed by atoms with E-state index in [1.165, 1.54) is 0 Å². The number of benzene rings is 2. The van der Waals surface area contributed by atoms with Gasteiger partial charge in [0.25, 0.3) is 0 Å². The molecular formula is C21H18ClN3O2S2. The van der Waals surface area contributed by atoms with Crippen molar-refractivity contribution in [2.45, 2.75) is 17.7 Å². The van der Waals surface area contributed by atoms with Gasteiger partial charge in [-0.05, 0) is 42.8 Å². The summed E-state index contributed by atoms with van der Waals surface area (Å²) in [5.74, 6) is 2.08. The molecule has 8 heteroatoms. The lowest BCUT2D eigenvalue weighted by atomic mass is 10.1. The molecule has 0 aliphatic rings. The molecule has 29 heavy (non-hydrogen) atoms. The smallest absolute Gasteiger partial charge is 0.161 e. The van der Waals surface area contributed by atoms with E-state index in [-0.39, 0.29) is 0 Å². The number of fused-ring (bicyclic) bond motifs is 1. The highest BCUT2D eigenvalue weighted by Crippen LogP contribution is 2.38. The molecule has 2 aromatic carbocycles. The van der Waals surface area contributed by atoms with Gasteiger partial charge in [-0.25, -0.2) is 4.98 Å². The van der Waals surface area contributed by atoms with Crippen LogP contribution in [0.4, 0.5) is 0 Å². The van der Waals surface area contributed by atoms with Crippen LogP contribution in [0.15, 0.2) is 47.5 Å². The first-order valence-electron chi connectivity index (χ1n) is 8.82.